The van der Waals surface area contributed by atoms with Gasteiger partial charge in [-0.2, -0.15) is 0 Å². The fourth-order valence-corrected chi connectivity index (χ4v) is 4.01. The van der Waals surface area contributed by atoms with Crippen molar-refractivity contribution >= 4 is 21.8 Å². The Hall–Kier alpha value is -1.89. The average Bonchev–Trinajstić information content (AvgIpc) is 2.81. The molecule has 1 N–H and O–H groups in total. The van der Waals surface area contributed by atoms with Gasteiger partial charge in [0.2, 0.25) is 11.8 Å². The molecule has 2 amide bonds. The lowest BCUT2D eigenvalue weighted by Gasteiger charge is -2.24. The number of amides is 2. The number of hydrogen-bond acceptors (Lipinski definition) is 4. The first-order chi connectivity index (χ1) is 10.2. The minimum absolute atomic E-state index is 0.0238. The second-order valence-electron chi connectivity index (χ2n) is 5.73. The molecule has 1 heterocycles. The first-order valence-electron chi connectivity index (χ1n) is 7.18. The number of sulfonamides is 1. The van der Waals surface area contributed by atoms with Crippen LogP contribution >= 0.6 is 0 Å². The second-order valence-corrected chi connectivity index (χ2v) is 7.54. The van der Waals surface area contributed by atoms with E-state index in [1.165, 1.54) is 12.1 Å². The number of aryl methyl sites for hydroxylation is 1. The fraction of sp³-hybridized carbons (Fsp3) is 0.467. The summed E-state index contributed by atoms with van der Waals surface area (Å²) in [7, 11) is -4.01. The number of hydrogen-bond donors (Lipinski definition) is 1. The molecule has 0 saturated carbocycles. The highest BCUT2D eigenvalue weighted by Gasteiger charge is 2.44. The predicted molar refractivity (Wildman–Crippen MR) is 81.5 cm³/mol. The van der Waals surface area contributed by atoms with Crippen LogP contribution in [0.5, 0.6) is 0 Å². The summed E-state index contributed by atoms with van der Waals surface area (Å²) in [5, 5.41) is 2.67. The van der Waals surface area contributed by atoms with E-state index in [1.54, 1.807) is 26.0 Å². The zero-order chi connectivity index (χ0) is 16.5. The quantitative estimate of drug-likeness (QED) is 0.902. The van der Waals surface area contributed by atoms with Crippen molar-refractivity contribution in [2.24, 2.45) is 0 Å². The predicted octanol–water partition coefficient (Wildman–Crippen LogP) is 1.20. The molecule has 1 fully saturated rings. The minimum atomic E-state index is -4.01. The summed E-state index contributed by atoms with van der Waals surface area (Å²) in [5.41, 5.74) is 0.917. The number of nitrogens with one attached hydrogen (secondary N) is 1. The van der Waals surface area contributed by atoms with E-state index in [0.717, 1.165) is 9.87 Å². The highest BCUT2D eigenvalue weighted by Crippen LogP contribution is 2.27. The number of rotatable bonds is 4. The minimum Gasteiger partial charge on any atom is -0.352 e. The van der Waals surface area contributed by atoms with Crippen LogP contribution in [0.15, 0.2) is 29.2 Å². The van der Waals surface area contributed by atoms with E-state index in [1.807, 2.05) is 6.92 Å². The lowest BCUT2D eigenvalue weighted by Crippen LogP contribution is -2.48. The smallest absolute Gasteiger partial charge is 0.267 e. The Morgan fingerprint density at radius 3 is 2.41 bits per heavy atom. The van der Waals surface area contributed by atoms with E-state index >= 15 is 0 Å². The lowest BCUT2D eigenvalue weighted by atomic mass is 10.2. The standard InChI is InChI=1S/C15H20N2O4S/c1-10(2)16-15(19)13-8-9-14(18)17(13)22(20,21)12-6-4-11(3)5-7-12/h4-7,10,13H,8-9H2,1-3H3,(H,16,19)/t13-/m1/s1. The molecule has 1 saturated heterocycles. The molecule has 0 bridgehead atoms. The van der Waals surface area contributed by atoms with Crippen LogP contribution in [-0.4, -0.2) is 36.6 Å². The van der Waals surface area contributed by atoms with Crippen LogP contribution in [0.2, 0.25) is 0 Å². The summed E-state index contributed by atoms with van der Waals surface area (Å²) in [6.07, 6.45) is 0.268. The third-order valence-electron chi connectivity index (χ3n) is 3.47. The molecule has 1 aromatic carbocycles. The molecule has 1 aromatic rings. The summed E-state index contributed by atoms with van der Waals surface area (Å²) in [5.74, 6) is -0.971. The van der Waals surface area contributed by atoms with Crippen molar-refractivity contribution in [3.63, 3.8) is 0 Å². The largest absolute Gasteiger partial charge is 0.352 e. The molecule has 0 aromatic heterocycles. The normalized spacial score (nSPS) is 18.8. The summed E-state index contributed by atoms with van der Waals surface area (Å²) in [6, 6.07) is 5.14. The van der Waals surface area contributed by atoms with E-state index in [4.69, 9.17) is 0 Å². The number of nitrogens with zero attached hydrogens (tertiary/aromatic N) is 1. The van der Waals surface area contributed by atoms with E-state index < -0.39 is 27.9 Å². The second kappa shape index (κ2) is 6.08. The van der Waals surface area contributed by atoms with Crippen LogP contribution in [0.25, 0.3) is 0 Å². The Kier molecular flexibility index (Phi) is 4.55. The first kappa shape index (κ1) is 16.5. The molecule has 2 rings (SSSR count). The van der Waals surface area contributed by atoms with Gasteiger partial charge in [0.1, 0.15) is 6.04 Å². The maximum absolute atomic E-state index is 12.7. The molecule has 7 heteroatoms. The van der Waals surface area contributed by atoms with Gasteiger partial charge in [-0.05, 0) is 39.3 Å². The lowest BCUT2D eigenvalue weighted by molar-refractivity contribution is -0.130. The molecule has 6 nitrogen and oxygen atoms in total. The molecule has 0 unspecified atom stereocenters. The molecule has 22 heavy (non-hydrogen) atoms. The van der Waals surface area contributed by atoms with Gasteiger partial charge < -0.3 is 5.32 Å². The third-order valence-corrected chi connectivity index (χ3v) is 5.32. The third kappa shape index (κ3) is 3.14. The van der Waals surface area contributed by atoms with Crippen LogP contribution in [-0.2, 0) is 19.6 Å². The first-order valence-corrected chi connectivity index (χ1v) is 8.62. The van der Waals surface area contributed by atoms with Crippen LogP contribution in [0.3, 0.4) is 0 Å². The molecular formula is C15H20N2O4S. The Morgan fingerprint density at radius 1 is 1.27 bits per heavy atom. The van der Waals surface area contributed by atoms with Gasteiger partial charge in [0.25, 0.3) is 10.0 Å². The Balaban J connectivity index is 2.36. The molecule has 0 radical (unpaired) electrons. The zero-order valence-corrected chi connectivity index (χ0v) is 13.7. The van der Waals surface area contributed by atoms with Crippen molar-refractivity contribution in [1.82, 2.24) is 9.62 Å². The zero-order valence-electron chi connectivity index (χ0n) is 12.9. The summed E-state index contributed by atoms with van der Waals surface area (Å²) in [4.78, 5) is 24.2. The monoisotopic (exact) mass is 324 g/mol. The van der Waals surface area contributed by atoms with Crippen molar-refractivity contribution in [2.45, 2.75) is 50.6 Å². The van der Waals surface area contributed by atoms with Gasteiger partial charge >= 0.3 is 0 Å². The Morgan fingerprint density at radius 2 is 1.86 bits per heavy atom. The summed E-state index contributed by atoms with van der Waals surface area (Å²) < 4.78 is 26.1. The van der Waals surface area contributed by atoms with Gasteiger partial charge in [-0.3, -0.25) is 9.59 Å². The van der Waals surface area contributed by atoms with Gasteiger partial charge in [0, 0.05) is 12.5 Å². The van der Waals surface area contributed by atoms with Crippen molar-refractivity contribution < 1.29 is 18.0 Å². The number of carbonyl (C=O) groups excluding carboxylic acids is 2. The highest BCUT2D eigenvalue weighted by atomic mass is 32.2. The summed E-state index contributed by atoms with van der Waals surface area (Å²) >= 11 is 0. The Labute approximate surface area is 130 Å². The van der Waals surface area contributed by atoms with Crippen molar-refractivity contribution in [3.8, 4) is 0 Å². The van der Waals surface area contributed by atoms with Gasteiger partial charge in [-0.25, -0.2) is 12.7 Å². The number of carbonyl (C=O) groups is 2. The van der Waals surface area contributed by atoms with Crippen molar-refractivity contribution in [1.29, 1.82) is 0 Å². The molecular weight excluding hydrogens is 304 g/mol. The van der Waals surface area contributed by atoms with Gasteiger partial charge in [-0.15, -0.1) is 0 Å². The van der Waals surface area contributed by atoms with E-state index in [-0.39, 0.29) is 23.8 Å². The van der Waals surface area contributed by atoms with Gasteiger partial charge in [-0.1, -0.05) is 17.7 Å². The summed E-state index contributed by atoms with van der Waals surface area (Å²) in [6.45, 7) is 5.41. The van der Waals surface area contributed by atoms with Crippen LogP contribution in [0, 0.1) is 6.92 Å². The fourth-order valence-electron chi connectivity index (χ4n) is 2.41. The molecule has 1 aliphatic heterocycles. The van der Waals surface area contributed by atoms with E-state index in [0.29, 0.717) is 0 Å². The Bertz CT molecular complexity index is 680. The molecule has 120 valence electrons. The van der Waals surface area contributed by atoms with Crippen LogP contribution in [0.1, 0.15) is 32.3 Å². The van der Waals surface area contributed by atoms with Crippen LogP contribution in [0.4, 0.5) is 0 Å². The maximum atomic E-state index is 12.7. The van der Waals surface area contributed by atoms with Gasteiger partial charge in [0.05, 0.1) is 4.90 Å². The molecule has 0 aliphatic carbocycles. The molecule has 0 spiro atoms. The highest BCUT2D eigenvalue weighted by molar-refractivity contribution is 7.89. The van der Waals surface area contributed by atoms with E-state index in [2.05, 4.69) is 5.32 Å². The van der Waals surface area contributed by atoms with Crippen LogP contribution < -0.4 is 5.32 Å². The average molecular weight is 324 g/mol. The van der Waals surface area contributed by atoms with Crippen molar-refractivity contribution in [2.75, 3.05) is 0 Å². The SMILES string of the molecule is Cc1ccc(S(=O)(=O)N2C(=O)CC[C@@H]2C(=O)NC(C)C)cc1. The van der Waals surface area contributed by atoms with E-state index in [9.17, 15) is 18.0 Å². The number of benzene rings is 1. The topological polar surface area (TPSA) is 83.6 Å². The molecule has 1 aliphatic rings. The molecule has 1 atom stereocenters. The maximum Gasteiger partial charge on any atom is 0.267 e. The van der Waals surface area contributed by atoms with Gasteiger partial charge in [0.15, 0.2) is 0 Å². The van der Waals surface area contributed by atoms with Crippen molar-refractivity contribution in [3.05, 3.63) is 29.8 Å².